The maximum Gasteiger partial charge on any atom is 0.338 e. The summed E-state index contributed by atoms with van der Waals surface area (Å²) in [7, 11) is 0. The van der Waals surface area contributed by atoms with Crippen molar-refractivity contribution in [2.75, 3.05) is 11.9 Å². The van der Waals surface area contributed by atoms with Gasteiger partial charge in [0.05, 0.1) is 14.2 Å². The minimum absolute atomic E-state index is 0.00722. The summed E-state index contributed by atoms with van der Waals surface area (Å²) >= 11 is 0. The van der Waals surface area contributed by atoms with Gasteiger partial charge in [0.2, 0.25) is 5.91 Å². The molecule has 34 heavy (non-hydrogen) atoms. The van der Waals surface area contributed by atoms with Gasteiger partial charge in [-0.2, -0.15) is 0 Å². The van der Waals surface area contributed by atoms with Gasteiger partial charge in [-0.05, 0) is 60.2 Å². The number of esters is 1. The first-order valence-electron chi connectivity index (χ1n) is 12.0. The second-order valence-electron chi connectivity index (χ2n) is 8.21. The van der Waals surface area contributed by atoms with Gasteiger partial charge in [0.25, 0.3) is 0 Å². The van der Waals surface area contributed by atoms with Crippen LogP contribution >= 0.6 is 0 Å². The molecule has 0 aliphatic rings. The topological polar surface area (TPSA) is 94.3 Å². The summed E-state index contributed by atoms with van der Waals surface area (Å²) in [5, 5.41) is 4.12. The normalized spacial score (nSPS) is 12.6. The number of rotatable bonds is 7. The number of carbonyl (C=O) groups excluding carboxylic acids is 2. The Labute approximate surface area is 201 Å². The molecule has 1 atom stereocenters. The van der Waals surface area contributed by atoms with Crippen molar-refractivity contribution in [2.24, 2.45) is 5.73 Å². The van der Waals surface area contributed by atoms with E-state index in [0.29, 0.717) is 16.6 Å². The molecule has 1 aromatic heterocycles. The first-order valence-corrected chi connectivity index (χ1v) is 11.0. The van der Waals surface area contributed by atoms with Gasteiger partial charge in [0, 0.05) is 30.0 Å². The Hall–Kier alpha value is -4.03. The zero-order valence-corrected chi connectivity index (χ0v) is 19.1. The van der Waals surface area contributed by atoms with Crippen molar-refractivity contribution >= 4 is 28.3 Å². The van der Waals surface area contributed by atoms with E-state index in [2.05, 4.69) is 10.3 Å². The summed E-state index contributed by atoms with van der Waals surface area (Å²) in [5.74, 6) is -1.25. The van der Waals surface area contributed by atoms with Gasteiger partial charge < -0.3 is 15.8 Å². The minimum atomic E-state index is -0.591. The Kier molecular flexibility index (Phi) is 6.21. The molecule has 0 aliphatic carbocycles. The molecular weight excluding hydrogens is 426 g/mol. The number of amides is 1. The molecule has 3 aromatic carbocycles. The molecule has 1 unspecified atom stereocenters. The molecule has 0 saturated carbocycles. The predicted molar refractivity (Wildman–Crippen MR) is 134 cm³/mol. The second-order valence-corrected chi connectivity index (χ2v) is 8.21. The zero-order valence-electron chi connectivity index (χ0n) is 21.1. The van der Waals surface area contributed by atoms with Crippen molar-refractivity contribution in [3.8, 4) is 0 Å². The van der Waals surface area contributed by atoms with Crippen molar-refractivity contribution < 1.29 is 17.1 Å². The highest BCUT2D eigenvalue weighted by atomic mass is 16.5. The molecule has 1 heterocycles. The fourth-order valence-corrected chi connectivity index (χ4v) is 3.79. The summed E-state index contributed by atoms with van der Waals surface area (Å²) < 4.78 is 21.2. The average molecular weight is 456 g/mol. The maximum absolute atomic E-state index is 13.0. The monoisotopic (exact) mass is 455 g/mol. The second kappa shape index (κ2) is 10.3. The molecule has 4 rings (SSSR count). The van der Waals surface area contributed by atoms with E-state index in [1.54, 1.807) is 36.4 Å². The SMILES string of the molecule is [2H]c1ncc2ccc(NC(=O)C(CN)c3ccc(COC(=O)c4ccc(C)cc4C)cc3)cc2c1[2H]. The van der Waals surface area contributed by atoms with E-state index in [4.69, 9.17) is 13.2 Å². The number of aryl methyl sites for hydroxylation is 2. The van der Waals surface area contributed by atoms with E-state index < -0.39 is 5.92 Å². The van der Waals surface area contributed by atoms with E-state index in [9.17, 15) is 9.59 Å². The molecule has 0 radical (unpaired) electrons. The number of fused-ring (bicyclic) bond motifs is 1. The maximum atomic E-state index is 13.0. The number of nitrogens with zero attached hydrogens (tertiary/aromatic N) is 1. The Balaban J connectivity index is 1.42. The van der Waals surface area contributed by atoms with E-state index in [0.717, 1.165) is 27.6 Å². The Morgan fingerprint density at radius 3 is 2.59 bits per heavy atom. The standard InChI is InChI=1S/C28H27N3O3/c1-18-3-10-25(19(2)13-18)28(33)34-17-20-4-6-21(7-5-20)26(15-29)27(32)31-24-9-8-23-16-30-12-11-22(23)14-24/h3-14,16,26H,15,17,29H2,1-2H3,(H,31,32)/i11D,12D. The van der Waals surface area contributed by atoms with Crippen LogP contribution in [0.2, 0.25) is 0 Å². The van der Waals surface area contributed by atoms with Gasteiger partial charge in [-0.1, -0.05) is 48.0 Å². The van der Waals surface area contributed by atoms with Crippen LogP contribution in [0.1, 0.15) is 41.3 Å². The third-order valence-electron chi connectivity index (χ3n) is 5.69. The van der Waals surface area contributed by atoms with Crippen LogP contribution in [0.5, 0.6) is 0 Å². The predicted octanol–water partition coefficient (Wildman–Crippen LogP) is 4.89. The fourth-order valence-electron chi connectivity index (χ4n) is 3.79. The molecule has 6 heteroatoms. The molecule has 4 aromatic rings. The fraction of sp³-hybridized carbons (Fsp3) is 0.179. The molecule has 1 amide bonds. The van der Waals surface area contributed by atoms with E-state index in [-0.39, 0.29) is 37.2 Å². The number of aromatic nitrogens is 1. The smallest absolute Gasteiger partial charge is 0.338 e. The molecule has 0 bridgehead atoms. The van der Waals surface area contributed by atoms with Crippen LogP contribution in [-0.2, 0) is 16.1 Å². The Morgan fingerprint density at radius 1 is 1.06 bits per heavy atom. The summed E-state index contributed by atoms with van der Waals surface area (Å²) in [6, 6.07) is 18.0. The Morgan fingerprint density at radius 2 is 1.85 bits per heavy atom. The molecule has 0 spiro atoms. The van der Waals surface area contributed by atoms with Gasteiger partial charge in [-0.25, -0.2) is 4.79 Å². The van der Waals surface area contributed by atoms with Crippen LogP contribution in [-0.4, -0.2) is 23.4 Å². The zero-order chi connectivity index (χ0) is 25.8. The van der Waals surface area contributed by atoms with E-state index >= 15 is 0 Å². The van der Waals surface area contributed by atoms with Crippen molar-refractivity contribution in [2.45, 2.75) is 26.4 Å². The highest BCUT2D eigenvalue weighted by Crippen LogP contribution is 2.22. The number of nitrogens with one attached hydrogen (secondary N) is 1. The summed E-state index contributed by atoms with van der Waals surface area (Å²) in [6.07, 6.45) is 1.41. The number of benzene rings is 3. The van der Waals surface area contributed by atoms with Crippen molar-refractivity contribution in [3.63, 3.8) is 0 Å². The van der Waals surface area contributed by atoms with Crippen LogP contribution in [0.25, 0.3) is 10.8 Å². The van der Waals surface area contributed by atoms with Gasteiger partial charge in [-0.3, -0.25) is 9.78 Å². The molecule has 172 valence electrons. The van der Waals surface area contributed by atoms with Crippen LogP contribution in [0.3, 0.4) is 0 Å². The number of nitrogens with two attached hydrogens (primary N) is 1. The lowest BCUT2D eigenvalue weighted by Crippen LogP contribution is -2.27. The number of pyridine rings is 1. The largest absolute Gasteiger partial charge is 0.457 e. The molecule has 0 fully saturated rings. The highest BCUT2D eigenvalue weighted by Gasteiger charge is 2.19. The average Bonchev–Trinajstić information content (AvgIpc) is 2.86. The van der Waals surface area contributed by atoms with Crippen molar-refractivity contribution in [1.82, 2.24) is 4.98 Å². The molecular formula is C28H27N3O3. The van der Waals surface area contributed by atoms with Crippen LogP contribution in [0.4, 0.5) is 5.69 Å². The van der Waals surface area contributed by atoms with Crippen molar-refractivity contribution in [3.05, 3.63) is 107 Å². The number of hydrogen-bond donors (Lipinski definition) is 2. The summed E-state index contributed by atoms with van der Waals surface area (Å²) in [4.78, 5) is 29.3. The van der Waals surface area contributed by atoms with E-state index in [1.807, 2.05) is 38.1 Å². The highest BCUT2D eigenvalue weighted by molar-refractivity contribution is 5.98. The quantitative estimate of drug-likeness (QED) is 0.387. The number of carbonyl (C=O) groups is 2. The van der Waals surface area contributed by atoms with Crippen LogP contribution in [0, 0.1) is 13.8 Å². The first kappa shape index (κ1) is 20.6. The van der Waals surface area contributed by atoms with E-state index in [1.165, 1.54) is 6.20 Å². The van der Waals surface area contributed by atoms with Gasteiger partial charge in [-0.15, -0.1) is 0 Å². The van der Waals surface area contributed by atoms with Crippen LogP contribution in [0.15, 0.2) is 79.1 Å². The third-order valence-corrected chi connectivity index (χ3v) is 5.69. The number of hydrogen-bond acceptors (Lipinski definition) is 5. The van der Waals surface area contributed by atoms with Gasteiger partial charge >= 0.3 is 5.97 Å². The molecule has 0 aliphatic heterocycles. The summed E-state index contributed by atoms with van der Waals surface area (Å²) in [5.41, 5.74) is 10.5. The van der Waals surface area contributed by atoms with Gasteiger partial charge in [0.15, 0.2) is 0 Å². The number of ether oxygens (including phenoxy) is 1. The summed E-state index contributed by atoms with van der Waals surface area (Å²) in [6.45, 7) is 4.07. The third kappa shape index (κ3) is 5.30. The van der Waals surface area contributed by atoms with Crippen LogP contribution < -0.4 is 11.1 Å². The molecule has 6 nitrogen and oxygen atoms in total. The lowest BCUT2D eigenvalue weighted by Gasteiger charge is -2.16. The lowest BCUT2D eigenvalue weighted by molar-refractivity contribution is -0.117. The lowest BCUT2D eigenvalue weighted by atomic mass is 9.97. The first-order chi connectivity index (χ1) is 17.3. The van der Waals surface area contributed by atoms with Crippen molar-refractivity contribution in [1.29, 1.82) is 0 Å². The molecule has 0 saturated heterocycles. The number of anilines is 1. The minimum Gasteiger partial charge on any atom is -0.457 e. The Bertz CT molecular complexity index is 1440. The molecule has 3 N–H and O–H groups in total. The van der Waals surface area contributed by atoms with Gasteiger partial charge in [0.1, 0.15) is 6.61 Å².